The van der Waals surface area contributed by atoms with Crippen LogP contribution in [0, 0.1) is 0 Å². The third-order valence-corrected chi connectivity index (χ3v) is 2.87. The minimum Gasteiger partial charge on any atom is -0.396 e. The monoisotopic (exact) mass is 240 g/mol. The molecule has 0 bridgehead atoms. The van der Waals surface area contributed by atoms with E-state index >= 15 is 0 Å². The SMILES string of the molecule is CC(=O)OS(=O)(=O)CCC(O)CCCO. The minimum atomic E-state index is -3.87. The van der Waals surface area contributed by atoms with Crippen LogP contribution in [0.25, 0.3) is 0 Å². The fraction of sp³-hybridized carbons (Fsp3) is 0.875. The molecule has 2 N–H and O–H groups in total. The summed E-state index contributed by atoms with van der Waals surface area (Å²) in [6.07, 6.45) is -0.0706. The van der Waals surface area contributed by atoms with Gasteiger partial charge in [0.25, 0.3) is 0 Å². The number of carbonyl (C=O) groups excluding carboxylic acids is 1. The van der Waals surface area contributed by atoms with Gasteiger partial charge in [-0.15, -0.1) is 0 Å². The molecule has 0 heterocycles. The zero-order chi connectivity index (χ0) is 11.9. The molecule has 90 valence electrons. The van der Waals surface area contributed by atoms with Gasteiger partial charge in [-0.3, -0.25) is 4.79 Å². The van der Waals surface area contributed by atoms with Crippen LogP contribution in [0.2, 0.25) is 0 Å². The summed E-state index contributed by atoms with van der Waals surface area (Å²) in [6.45, 7) is 0.952. The van der Waals surface area contributed by atoms with E-state index in [-0.39, 0.29) is 13.0 Å². The Hall–Kier alpha value is -0.660. The molecule has 0 radical (unpaired) electrons. The third kappa shape index (κ3) is 8.34. The van der Waals surface area contributed by atoms with E-state index in [0.717, 1.165) is 6.92 Å². The van der Waals surface area contributed by atoms with Gasteiger partial charge in [-0.25, -0.2) is 0 Å². The Morgan fingerprint density at radius 1 is 1.40 bits per heavy atom. The molecule has 0 fully saturated rings. The highest BCUT2D eigenvalue weighted by Gasteiger charge is 2.16. The van der Waals surface area contributed by atoms with Crippen molar-refractivity contribution in [1.82, 2.24) is 0 Å². The molecule has 0 amide bonds. The summed E-state index contributed by atoms with van der Waals surface area (Å²) in [5.41, 5.74) is 0. The van der Waals surface area contributed by atoms with Gasteiger partial charge in [0.15, 0.2) is 0 Å². The van der Waals surface area contributed by atoms with Gasteiger partial charge in [0.2, 0.25) is 0 Å². The largest absolute Gasteiger partial charge is 0.396 e. The summed E-state index contributed by atoms with van der Waals surface area (Å²) in [5, 5.41) is 17.7. The highest BCUT2D eigenvalue weighted by molar-refractivity contribution is 7.87. The minimum absolute atomic E-state index is 0.00435. The molecule has 0 aromatic rings. The van der Waals surface area contributed by atoms with E-state index in [4.69, 9.17) is 5.11 Å². The van der Waals surface area contributed by atoms with Gasteiger partial charge in [0.05, 0.1) is 11.9 Å². The topological polar surface area (TPSA) is 101 Å². The quantitative estimate of drug-likeness (QED) is 0.576. The molecule has 0 aromatic carbocycles. The second-order valence-corrected chi connectivity index (χ2v) is 4.84. The van der Waals surface area contributed by atoms with Gasteiger partial charge in [0, 0.05) is 13.5 Å². The van der Waals surface area contributed by atoms with Crippen molar-refractivity contribution in [3.8, 4) is 0 Å². The van der Waals surface area contributed by atoms with Crippen LogP contribution in [-0.2, 0) is 19.1 Å². The normalized spacial score (nSPS) is 13.5. The maximum atomic E-state index is 11.0. The Balaban J connectivity index is 3.88. The maximum Gasteiger partial charge on any atom is 0.319 e. The first kappa shape index (κ1) is 14.3. The predicted molar refractivity (Wildman–Crippen MR) is 52.5 cm³/mol. The molecule has 0 aliphatic carbocycles. The Labute approximate surface area is 89.0 Å². The summed E-state index contributed by atoms with van der Waals surface area (Å²) >= 11 is 0. The zero-order valence-corrected chi connectivity index (χ0v) is 9.37. The fourth-order valence-electron chi connectivity index (χ4n) is 0.972. The lowest BCUT2D eigenvalue weighted by molar-refractivity contribution is -0.131. The predicted octanol–water partition coefficient (Wildman–Crippen LogP) is -0.597. The van der Waals surface area contributed by atoms with Gasteiger partial charge < -0.3 is 14.4 Å². The number of hydrogen-bond acceptors (Lipinski definition) is 6. The fourth-order valence-corrected chi connectivity index (χ4v) is 1.97. The lowest BCUT2D eigenvalue weighted by Crippen LogP contribution is -2.18. The van der Waals surface area contributed by atoms with Crippen molar-refractivity contribution < 1.29 is 27.6 Å². The molecule has 0 aliphatic heterocycles. The summed E-state index contributed by atoms with van der Waals surface area (Å²) in [4.78, 5) is 10.4. The second-order valence-electron chi connectivity index (χ2n) is 3.15. The third-order valence-electron chi connectivity index (χ3n) is 1.64. The number of aliphatic hydroxyl groups excluding tert-OH is 2. The first-order valence-corrected chi connectivity index (χ1v) is 6.17. The van der Waals surface area contributed by atoms with Crippen molar-refractivity contribution in [3.05, 3.63) is 0 Å². The van der Waals surface area contributed by atoms with Crippen molar-refractivity contribution in [3.63, 3.8) is 0 Å². The lowest BCUT2D eigenvalue weighted by atomic mass is 10.1. The summed E-state index contributed by atoms with van der Waals surface area (Å²) in [7, 11) is -3.87. The van der Waals surface area contributed by atoms with Crippen LogP contribution in [-0.4, -0.2) is 43.1 Å². The van der Waals surface area contributed by atoms with E-state index in [1.807, 2.05) is 0 Å². The van der Waals surface area contributed by atoms with E-state index in [9.17, 15) is 18.3 Å². The van der Waals surface area contributed by atoms with Crippen molar-refractivity contribution in [2.75, 3.05) is 12.4 Å². The highest BCUT2D eigenvalue weighted by atomic mass is 32.2. The molecular weight excluding hydrogens is 224 g/mol. The van der Waals surface area contributed by atoms with Gasteiger partial charge in [-0.1, -0.05) is 0 Å². The zero-order valence-electron chi connectivity index (χ0n) is 8.55. The average molecular weight is 240 g/mol. The average Bonchev–Trinajstić information content (AvgIpc) is 2.09. The number of rotatable bonds is 7. The van der Waals surface area contributed by atoms with Crippen LogP contribution in [0.15, 0.2) is 0 Å². The van der Waals surface area contributed by atoms with Gasteiger partial charge >= 0.3 is 16.1 Å². The van der Waals surface area contributed by atoms with E-state index < -0.39 is 27.9 Å². The number of carbonyl (C=O) groups is 1. The van der Waals surface area contributed by atoms with Crippen LogP contribution in [0.1, 0.15) is 26.2 Å². The number of aliphatic hydroxyl groups is 2. The van der Waals surface area contributed by atoms with Gasteiger partial charge in [-0.05, 0) is 19.3 Å². The molecule has 1 unspecified atom stereocenters. The van der Waals surface area contributed by atoms with E-state index in [2.05, 4.69) is 4.18 Å². The summed E-state index contributed by atoms with van der Waals surface area (Å²) in [5.74, 6) is -1.29. The Kier molecular flexibility index (Phi) is 6.46. The smallest absolute Gasteiger partial charge is 0.319 e. The van der Waals surface area contributed by atoms with Crippen LogP contribution < -0.4 is 0 Å². The number of hydrogen-bond donors (Lipinski definition) is 2. The van der Waals surface area contributed by atoms with Gasteiger partial charge in [0.1, 0.15) is 0 Å². The molecule has 6 nitrogen and oxygen atoms in total. The highest BCUT2D eigenvalue weighted by Crippen LogP contribution is 2.05. The Bertz CT molecular complexity index is 284. The molecule has 0 aromatic heterocycles. The Morgan fingerprint density at radius 3 is 2.47 bits per heavy atom. The van der Waals surface area contributed by atoms with Crippen LogP contribution >= 0.6 is 0 Å². The molecule has 0 saturated carbocycles. The first-order valence-electron chi connectivity index (χ1n) is 4.59. The van der Waals surface area contributed by atoms with Crippen LogP contribution in [0.3, 0.4) is 0 Å². The molecule has 0 aliphatic rings. The van der Waals surface area contributed by atoms with Crippen LogP contribution in [0.4, 0.5) is 0 Å². The maximum absolute atomic E-state index is 11.0. The molecule has 15 heavy (non-hydrogen) atoms. The molecule has 0 saturated heterocycles. The molecule has 1 atom stereocenters. The van der Waals surface area contributed by atoms with Gasteiger partial charge in [-0.2, -0.15) is 8.42 Å². The Morgan fingerprint density at radius 2 is 2.00 bits per heavy atom. The summed E-state index contributed by atoms with van der Waals surface area (Å²) < 4.78 is 26.1. The lowest BCUT2D eigenvalue weighted by Gasteiger charge is -2.09. The molecule has 7 heteroatoms. The van der Waals surface area contributed by atoms with Crippen molar-refractivity contribution in [2.45, 2.75) is 32.3 Å². The van der Waals surface area contributed by atoms with Crippen LogP contribution in [0.5, 0.6) is 0 Å². The van der Waals surface area contributed by atoms with E-state index in [0.29, 0.717) is 12.8 Å². The molecule has 0 spiro atoms. The van der Waals surface area contributed by atoms with Crippen molar-refractivity contribution in [1.29, 1.82) is 0 Å². The molecule has 0 rings (SSSR count). The summed E-state index contributed by atoms with van der Waals surface area (Å²) in [6, 6.07) is 0. The van der Waals surface area contributed by atoms with E-state index in [1.165, 1.54) is 0 Å². The second kappa shape index (κ2) is 6.76. The molecular formula is C8H16O6S. The standard InChI is InChI=1S/C8H16O6S/c1-7(10)14-15(12,13)6-4-8(11)3-2-5-9/h8-9,11H,2-6H2,1H3. The van der Waals surface area contributed by atoms with E-state index in [1.54, 1.807) is 0 Å². The first-order chi connectivity index (χ1) is 6.87. The van der Waals surface area contributed by atoms with Crippen molar-refractivity contribution in [2.24, 2.45) is 0 Å². The van der Waals surface area contributed by atoms with Crippen molar-refractivity contribution >= 4 is 16.1 Å².